The summed E-state index contributed by atoms with van der Waals surface area (Å²) >= 11 is 1.70. The van der Waals surface area contributed by atoms with E-state index in [-0.39, 0.29) is 9.58 Å². The molecule has 0 radical (unpaired) electrons. The first kappa shape index (κ1) is 9.29. The summed E-state index contributed by atoms with van der Waals surface area (Å²) in [6.07, 6.45) is 5.48. The predicted molar refractivity (Wildman–Crippen MR) is 52.0 cm³/mol. The molecule has 0 aliphatic heterocycles. The highest BCUT2D eigenvalue weighted by atomic mass is 127. The van der Waals surface area contributed by atoms with E-state index in [1.165, 1.54) is 12.8 Å². The van der Waals surface area contributed by atoms with Gasteiger partial charge in [0.15, 0.2) is 0 Å². The quantitative estimate of drug-likeness (QED) is 0.567. The molecule has 1 saturated carbocycles. The summed E-state index contributed by atoms with van der Waals surface area (Å²) in [5.41, 5.74) is -0.0989. The van der Waals surface area contributed by atoms with Crippen molar-refractivity contribution in [2.75, 3.05) is 0 Å². The molecule has 0 aromatic carbocycles. The average molecular weight is 268 g/mol. The molecule has 1 rings (SSSR count). The molecule has 3 heteroatoms. The maximum Gasteiger partial charge on any atom is 0.367 e. The van der Waals surface area contributed by atoms with Gasteiger partial charge in [-0.3, -0.25) is 0 Å². The van der Waals surface area contributed by atoms with E-state index in [0.717, 1.165) is 19.3 Å². The van der Waals surface area contributed by atoms with Gasteiger partial charge >= 0.3 is 3.98 Å². The van der Waals surface area contributed by atoms with Crippen LogP contribution in [0, 0.1) is 0 Å². The van der Waals surface area contributed by atoms with Gasteiger partial charge in [0.2, 0.25) is 0 Å². The van der Waals surface area contributed by atoms with Crippen molar-refractivity contribution in [1.82, 2.24) is 0 Å². The van der Waals surface area contributed by atoms with Crippen molar-refractivity contribution in [3.63, 3.8) is 0 Å². The van der Waals surface area contributed by atoms with Crippen LogP contribution in [-0.2, 0) is 4.74 Å². The average Bonchev–Trinajstić information content (AvgIpc) is 2.36. The third-order valence-corrected chi connectivity index (χ3v) is 2.68. The zero-order chi connectivity index (χ0) is 8.32. The number of hydrogen-bond donors (Lipinski definition) is 0. The first-order valence-electron chi connectivity index (χ1n) is 4.07. The first-order chi connectivity index (χ1) is 5.18. The lowest BCUT2D eigenvalue weighted by Crippen LogP contribution is -2.28. The molecule has 64 valence electrons. The SMILES string of the molecule is CCC1(OC(=O)I)CCCC1. The van der Waals surface area contributed by atoms with E-state index in [0.29, 0.717) is 0 Å². The Morgan fingerprint density at radius 3 is 2.45 bits per heavy atom. The second-order valence-electron chi connectivity index (χ2n) is 3.08. The van der Waals surface area contributed by atoms with Crippen LogP contribution in [0.1, 0.15) is 39.0 Å². The lowest BCUT2D eigenvalue weighted by atomic mass is 9.99. The predicted octanol–water partition coefficient (Wildman–Crippen LogP) is 3.28. The number of halogens is 1. The molecule has 0 atom stereocenters. The van der Waals surface area contributed by atoms with Crippen molar-refractivity contribution in [3.8, 4) is 0 Å². The Hall–Kier alpha value is 0.200. The van der Waals surface area contributed by atoms with Gasteiger partial charge in [0.05, 0.1) is 22.6 Å². The van der Waals surface area contributed by atoms with E-state index >= 15 is 0 Å². The molecule has 0 heterocycles. The second kappa shape index (κ2) is 3.74. The van der Waals surface area contributed by atoms with Crippen molar-refractivity contribution < 1.29 is 9.53 Å². The number of carbonyl (C=O) groups excluding carboxylic acids is 1. The number of rotatable bonds is 2. The molecule has 0 N–H and O–H groups in total. The van der Waals surface area contributed by atoms with E-state index in [2.05, 4.69) is 6.92 Å². The number of carbonyl (C=O) groups is 1. The van der Waals surface area contributed by atoms with Gasteiger partial charge in [-0.15, -0.1) is 0 Å². The lowest BCUT2D eigenvalue weighted by Gasteiger charge is -2.26. The van der Waals surface area contributed by atoms with Gasteiger partial charge in [-0.1, -0.05) is 6.92 Å². The molecule has 0 bridgehead atoms. The third kappa shape index (κ3) is 2.32. The van der Waals surface area contributed by atoms with Crippen LogP contribution < -0.4 is 0 Å². The van der Waals surface area contributed by atoms with Crippen LogP contribution in [0.5, 0.6) is 0 Å². The van der Waals surface area contributed by atoms with Crippen LogP contribution in [-0.4, -0.2) is 9.58 Å². The molecule has 1 fully saturated rings. The molecule has 1 aliphatic rings. The molecule has 11 heavy (non-hydrogen) atoms. The van der Waals surface area contributed by atoms with Crippen LogP contribution in [0.15, 0.2) is 0 Å². The molecule has 0 saturated heterocycles. The van der Waals surface area contributed by atoms with E-state index in [1.807, 2.05) is 0 Å². The van der Waals surface area contributed by atoms with Gasteiger partial charge in [-0.25, -0.2) is 4.79 Å². The Bertz CT molecular complexity index is 150. The Labute approximate surface area is 80.8 Å². The summed E-state index contributed by atoms with van der Waals surface area (Å²) in [7, 11) is 0. The molecule has 2 nitrogen and oxygen atoms in total. The minimum atomic E-state index is -0.161. The van der Waals surface area contributed by atoms with Gasteiger partial charge in [-0.2, -0.15) is 0 Å². The van der Waals surface area contributed by atoms with Crippen LogP contribution in [0.2, 0.25) is 0 Å². The largest absolute Gasteiger partial charge is 0.452 e. The highest BCUT2D eigenvalue weighted by Crippen LogP contribution is 2.36. The van der Waals surface area contributed by atoms with E-state index < -0.39 is 0 Å². The van der Waals surface area contributed by atoms with Gasteiger partial charge < -0.3 is 4.74 Å². The minimum absolute atomic E-state index is 0.0989. The fraction of sp³-hybridized carbons (Fsp3) is 0.875. The van der Waals surface area contributed by atoms with Gasteiger partial charge in [0, 0.05) is 0 Å². The summed E-state index contributed by atoms with van der Waals surface area (Å²) in [5.74, 6) is 0. The van der Waals surface area contributed by atoms with Crippen LogP contribution in [0.4, 0.5) is 4.79 Å². The molecular weight excluding hydrogens is 255 g/mol. The third-order valence-electron chi connectivity index (χ3n) is 2.46. The maximum absolute atomic E-state index is 10.7. The van der Waals surface area contributed by atoms with Crippen molar-refractivity contribution in [3.05, 3.63) is 0 Å². The summed E-state index contributed by atoms with van der Waals surface area (Å²) < 4.78 is 5.13. The summed E-state index contributed by atoms with van der Waals surface area (Å²) in [4.78, 5) is 10.7. The zero-order valence-corrected chi connectivity index (χ0v) is 8.89. The smallest absolute Gasteiger partial charge is 0.367 e. The summed E-state index contributed by atoms with van der Waals surface area (Å²) in [6, 6.07) is 0. The molecular formula is C8H13IO2. The van der Waals surface area contributed by atoms with E-state index in [1.54, 1.807) is 22.6 Å². The van der Waals surface area contributed by atoms with Crippen molar-refractivity contribution in [1.29, 1.82) is 0 Å². The molecule has 0 unspecified atom stereocenters. The highest BCUT2D eigenvalue weighted by molar-refractivity contribution is 14.1. The Morgan fingerprint density at radius 1 is 1.55 bits per heavy atom. The standard InChI is InChI=1S/C8H13IO2/c1-2-8(11-7(9)10)5-3-4-6-8/h2-6H2,1H3. The van der Waals surface area contributed by atoms with Crippen LogP contribution >= 0.6 is 22.6 Å². The normalized spacial score (nSPS) is 21.6. The first-order valence-corrected chi connectivity index (χ1v) is 5.15. The molecule has 1 aliphatic carbocycles. The van der Waals surface area contributed by atoms with Crippen molar-refractivity contribution >= 4 is 26.6 Å². The van der Waals surface area contributed by atoms with Crippen molar-refractivity contribution in [2.24, 2.45) is 0 Å². The fourth-order valence-electron chi connectivity index (χ4n) is 1.72. The number of ether oxygens (including phenoxy) is 1. The number of hydrogen-bond acceptors (Lipinski definition) is 2. The molecule has 0 spiro atoms. The highest BCUT2D eigenvalue weighted by Gasteiger charge is 2.35. The Morgan fingerprint density at radius 2 is 2.09 bits per heavy atom. The van der Waals surface area contributed by atoms with E-state index in [9.17, 15) is 4.79 Å². The van der Waals surface area contributed by atoms with Gasteiger partial charge in [0.1, 0.15) is 5.60 Å². The van der Waals surface area contributed by atoms with Crippen LogP contribution in [0.25, 0.3) is 0 Å². The summed E-state index contributed by atoms with van der Waals surface area (Å²) in [6.45, 7) is 2.09. The maximum atomic E-state index is 10.7. The lowest BCUT2D eigenvalue weighted by molar-refractivity contribution is 0.0324. The fourth-order valence-corrected chi connectivity index (χ4v) is 2.18. The van der Waals surface area contributed by atoms with Gasteiger partial charge in [-0.05, 0) is 32.1 Å². The second-order valence-corrected chi connectivity index (χ2v) is 3.96. The van der Waals surface area contributed by atoms with Crippen LogP contribution in [0.3, 0.4) is 0 Å². The monoisotopic (exact) mass is 268 g/mol. The Balaban J connectivity index is 2.52. The van der Waals surface area contributed by atoms with Gasteiger partial charge in [0.25, 0.3) is 0 Å². The Kier molecular flexibility index (Phi) is 3.16. The molecule has 0 aromatic heterocycles. The zero-order valence-electron chi connectivity index (χ0n) is 6.73. The van der Waals surface area contributed by atoms with Crippen molar-refractivity contribution in [2.45, 2.75) is 44.6 Å². The van der Waals surface area contributed by atoms with E-state index in [4.69, 9.17) is 4.74 Å². The topological polar surface area (TPSA) is 26.3 Å². The molecule has 0 aromatic rings. The molecule has 0 amide bonds. The minimum Gasteiger partial charge on any atom is -0.452 e. The summed E-state index contributed by atoms with van der Waals surface area (Å²) in [5, 5.41) is 0.